The summed E-state index contributed by atoms with van der Waals surface area (Å²) < 4.78 is 5.41. The first-order chi connectivity index (χ1) is 11.0. The zero-order valence-corrected chi connectivity index (χ0v) is 13.3. The van der Waals surface area contributed by atoms with Crippen LogP contribution in [0.2, 0.25) is 0 Å². The molecule has 3 rings (SSSR count). The number of anilines is 1. The van der Waals surface area contributed by atoms with E-state index in [4.69, 9.17) is 4.42 Å². The topological polar surface area (TPSA) is 59.3 Å². The Hall–Kier alpha value is -2.88. The van der Waals surface area contributed by atoms with Gasteiger partial charge < -0.3 is 9.73 Å². The third kappa shape index (κ3) is 2.75. The number of fused-ring (bicyclic) bond motifs is 1. The van der Waals surface area contributed by atoms with Crippen LogP contribution >= 0.6 is 0 Å². The van der Waals surface area contributed by atoms with Gasteiger partial charge in [0.05, 0.1) is 0 Å². The Labute approximate surface area is 133 Å². The van der Waals surface area contributed by atoms with Crippen LogP contribution in [0, 0.1) is 13.8 Å². The Bertz CT molecular complexity index is 970. The van der Waals surface area contributed by atoms with Crippen LogP contribution in [-0.2, 0) is 4.79 Å². The highest BCUT2D eigenvalue weighted by molar-refractivity contribution is 5.98. The lowest BCUT2D eigenvalue weighted by molar-refractivity contribution is -0.114. The molecule has 1 aromatic heterocycles. The summed E-state index contributed by atoms with van der Waals surface area (Å²) in [6.45, 7) is 5.23. The van der Waals surface area contributed by atoms with E-state index in [9.17, 15) is 9.59 Å². The second-order valence-corrected chi connectivity index (χ2v) is 5.60. The summed E-state index contributed by atoms with van der Waals surface area (Å²) in [5.74, 6) is -0.169. The Balaban J connectivity index is 2.33. The first kappa shape index (κ1) is 15.0. The molecule has 0 bridgehead atoms. The maximum Gasteiger partial charge on any atom is 0.339 e. The molecule has 4 nitrogen and oxygen atoms in total. The van der Waals surface area contributed by atoms with Crippen molar-refractivity contribution in [2.24, 2.45) is 0 Å². The normalized spacial score (nSPS) is 10.7. The lowest BCUT2D eigenvalue weighted by atomic mass is 9.94. The van der Waals surface area contributed by atoms with E-state index in [1.807, 2.05) is 43.3 Å². The second kappa shape index (κ2) is 5.72. The molecule has 0 radical (unpaired) electrons. The predicted molar refractivity (Wildman–Crippen MR) is 91.7 cm³/mol. The van der Waals surface area contributed by atoms with Crippen molar-refractivity contribution in [2.45, 2.75) is 20.8 Å². The molecule has 2 aromatic carbocycles. The molecule has 0 atom stereocenters. The fourth-order valence-electron chi connectivity index (χ4n) is 2.78. The average molecular weight is 307 g/mol. The van der Waals surface area contributed by atoms with Crippen molar-refractivity contribution >= 4 is 22.6 Å². The van der Waals surface area contributed by atoms with Gasteiger partial charge in [0.15, 0.2) is 0 Å². The summed E-state index contributed by atoms with van der Waals surface area (Å²) >= 11 is 0. The molecule has 4 heteroatoms. The van der Waals surface area contributed by atoms with Gasteiger partial charge in [0, 0.05) is 35.2 Å². The molecule has 0 unspecified atom stereocenters. The summed E-state index contributed by atoms with van der Waals surface area (Å²) in [6, 6.07) is 13.3. The van der Waals surface area contributed by atoms with E-state index >= 15 is 0 Å². The molecule has 0 saturated carbocycles. The fraction of sp³-hybridized carbons (Fsp3) is 0.158. The van der Waals surface area contributed by atoms with Crippen LogP contribution in [-0.4, -0.2) is 5.91 Å². The number of rotatable bonds is 2. The first-order valence-electron chi connectivity index (χ1n) is 7.38. The Morgan fingerprint density at radius 2 is 1.83 bits per heavy atom. The van der Waals surface area contributed by atoms with Gasteiger partial charge in [-0.25, -0.2) is 4.79 Å². The summed E-state index contributed by atoms with van der Waals surface area (Å²) in [7, 11) is 0. The summed E-state index contributed by atoms with van der Waals surface area (Å²) in [5, 5.41) is 3.55. The molecule has 1 N–H and O–H groups in total. The van der Waals surface area contributed by atoms with Crippen LogP contribution < -0.4 is 10.9 Å². The quantitative estimate of drug-likeness (QED) is 0.727. The van der Waals surface area contributed by atoms with Crippen molar-refractivity contribution in [1.29, 1.82) is 0 Å². The molecule has 23 heavy (non-hydrogen) atoms. The van der Waals surface area contributed by atoms with Crippen LogP contribution in [0.5, 0.6) is 0 Å². The smallest absolute Gasteiger partial charge is 0.339 e. The van der Waals surface area contributed by atoms with Crippen molar-refractivity contribution in [1.82, 2.24) is 0 Å². The van der Waals surface area contributed by atoms with Crippen LogP contribution in [0.25, 0.3) is 22.1 Å². The van der Waals surface area contributed by atoms with Gasteiger partial charge in [0.1, 0.15) is 5.58 Å². The summed E-state index contributed by atoms with van der Waals surface area (Å²) in [4.78, 5) is 23.4. The van der Waals surface area contributed by atoms with E-state index in [2.05, 4.69) is 5.32 Å². The molecule has 1 amide bonds. The highest BCUT2D eigenvalue weighted by Gasteiger charge is 2.15. The Kier molecular flexibility index (Phi) is 3.74. The maximum absolute atomic E-state index is 12.2. The number of nitrogens with one attached hydrogen (secondary N) is 1. The predicted octanol–water partition coefficient (Wildman–Crippen LogP) is 4.04. The van der Waals surface area contributed by atoms with E-state index in [0.29, 0.717) is 16.8 Å². The molecular formula is C19H17NO3. The van der Waals surface area contributed by atoms with Gasteiger partial charge in [-0.3, -0.25) is 4.79 Å². The van der Waals surface area contributed by atoms with Crippen molar-refractivity contribution in [3.63, 3.8) is 0 Å². The molecule has 0 spiro atoms. The van der Waals surface area contributed by atoms with Gasteiger partial charge in [0.25, 0.3) is 0 Å². The van der Waals surface area contributed by atoms with Crippen LogP contribution in [0.4, 0.5) is 5.69 Å². The fourth-order valence-corrected chi connectivity index (χ4v) is 2.78. The molecular weight excluding hydrogens is 290 g/mol. The zero-order valence-electron chi connectivity index (χ0n) is 13.3. The molecule has 0 aliphatic carbocycles. The molecule has 0 aliphatic heterocycles. The summed E-state index contributed by atoms with van der Waals surface area (Å²) in [6.07, 6.45) is 0. The largest absolute Gasteiger partial charge is 0.422 e. The lowest BCUT2D eigenvalue weighted by Gasteiger charge is -2.12. The standard InChI is InChI=1S/C19H17NO3/c1-11-6-4-5-7-15(11)18-12(2)19(22)23-17-10-14(20-13(3)21)8-9-16(17)18/h4-10H,1-3H3,(H,20,21). The highest BCUT2D eigenvalue weighted by Crippen LogP contribution is 2.33. The van der Waals surface area contributed by atoms with Crippen molar-refractivity contribution in [2.75, 3.05) is 5.32 Å². The minimum Gasteiger partial charge on any atom is -0.422 e. The molecule has 0 saturated heterocycles. The molecule has 3 aromatic rings. The van der Waals surface area contributed by atoms with Crippen LogP contribution in [0.1, 0.15) is 18.1 Å². The number of aryl methyl sites for hydroxylation is 1. The molecule has 0 aliphatic rings. The SMILES string of the molecule is CC(=O)Nc1ccc2c(-c3ccccc3C)c(C)c(=O)oc2c1. The number of benzene rings is 2. The number of hydrogen-bond acceptors (Lipinski definition) is 3. The van der Waals surface area contributed by atoms with Gasteiger partial charge in [-0.05, 0) is 37.1 Å². The van der Waals surface area contributed by atoms with Gasteiger partial charge in [-0.1, -0.05) is 24.3 Å². The van der Waals surface area contributed by atoms with E-state index in [1.54, 1.807) is 13.0 Å². The first-order valence-corrected chi connectivity index (χ1v) is 7.38. The lowest BCUT2D eigenvalue weighted by Crippen LogP contribution is -2.08. The van der Waals surface area contributed by atoms with E-state index in [-0.39, 0.29) is 11.5 Å². The number of carbonyl (C=O) groups is 1. The van der Waals surface area contributed by atoms with Crippen LogP contribution in [0.15, 0.2) is 51.7 Å². The van der Waals surface area contributed by atoms with Crippen molar-refractivity contribution in [3.8, 4) is 11.1 Å². The van der Waals surface area contributed by atoms with Crippen molar-refractivity contribution in [3.05, 3.63) is 64.0 Å². The Morgan fingerprint density at radius 3 is 2.52 bits per heavy atom. The second-order valence-electron chi connectivity index (χ2n) is 5.60. The average Bonchev–Trinajstić information content (AvgIpc) is 2.49. The summed E-state index contributed by atoms with van der Waals surface area (Å²) in [5.41, 5.74) is 4.26. The molecule has 116 valence electrons. The molecule has 1 heterocycles. The van der Waals surface area contributed by atoms with Gasteiger partial charge in [-0.15, -0.1) is 0 Å². The van der Waals surface area contributed by atoms with E-state index in [1.165, 1.54) is 6.92 Å². The zero-order chi connectivity index (χ0) is 16.6. The number of hydrogen-bond donors (Lipinski definition) is 1. The van der Waals surface area contributed by atoms with Gasteiger partial charge >= 0.3 is 5.63 Å². The van der Waals surface area contributed by atoms with E-state index in [0.717, 1.165) is 22.1 Å². The molecule has 0 fully saturated rings. The van der Waals surface area contributed by atoms with Crippen molar-refractivity contribution < 1.29 is 9.21 Å². The van der Waals surface area contributed by atoms with Gasteiger partial charge in [0.2, 0.25) is 5.91 Å². The monoisotopic (exact) mass is 307 g/mol. The highest BCUT2D eigenvalue weighted by atomic mass is 16.4. The Morgan fingerprint density at radius 1 is 1.09 bits per heavy atom. The minimum atomic E-state index is -0.365. The third-order valence-electron chi connectivity index (χ3n) is 3.87. The van der Waals surface area contributed by atoms with E-state index < -0.39 is 0 Å². The number of amides is 1. The third-order valence-corrected chi connectivity index (χ3v) is 3.87. The van der Waals surface area contributed by atoms with Crippen LogP contribution in [0.3, 0.4) is 0 Å². The maximum atomic E-state index is 12.2. The van der Waals surface area contributed by atoms with Gasteiger partial charge in [-0.2, -0.15) is 0 Å². The minimum absolute atomic E-state index is 0.169. The number of carbonyl (C=O) groups excluding carboxylic acids is 1.